The lowest BCUT2D eigenvalue weighted by Gasteiger charge is -2.27. The van der Waals surface area contributed by atoms with Crippen molar-refractivity contribution in [3.63, 3.8) is 0 Å². The van der Waals surface area contributed by atoms with E-state index in [1.165, 1.54) is 6.07 Å². The molecule has 0 spiro atoms. The number of halogens is 1. The maximum Gasteiger partial charge on any atom is 0.213 e. The number of Topliss-reactive ketones (excluding diaryl/α,β-unsaturated/α-hetero) is 1. The third-order valence-electron chi connectivity index (χ3n) is 3.81. The third-order valence-corrected chi connectivity index (χ3v) is 3.81. The van der Waals surface area contributed by atoms with Crippen molar-refractivity contribution in [3.8, 4) is 0 Å². The summed E-state index contributed by atoms with van der Waals surface area (Å²) in [5.74, 6) is -0.557. The molecule has 1 aromatic heterocycles. The van der Waals surface area contributed by atoms with Gasteiger partial charge >= 0.3 is 0 Å². The van der Waals surface area contributed by atoms with Gasteiger partial charge in [0.05, 0.1) is 0 Å². The van der Waals surface area contributed by atoms with Crippen LogP contribution in [-0.4, -0.2) is 22.9 Å². The molecule has 0 saturated carbocycles. The van der Waals surface area contributed by atoms with Gasteiger partial charge in [-0.1, -0.05) is 6.07 Å². The minimum absolute atomic E-state index is 0.00269. The second-order valence-corrected chi connectivity index (χ2v) is 5.02. The maximum atomic E-state index is 13.0. The number of carbonyl (C=O) groups is 1. The number of hydrogen-bond acceptors (Lipinski definition) is 3. The predicted molar refractivity (Wildman–Crippen MR) is 61.2 cm³/mol. The molecule has 2 unspecified atom stereocenters. The number of carbonyl (C=O) groups excluding carboxylic acids is 1. The average molecular weight is 234 g/mol. The van der Waals surface area contributed by atoms with Crippen molar-refractivity contribution >= 4 is 5.78 Å². The molecular formula is C13H15FN2O. The summed E-state index contributed by atoms with van der Waals surface area (Å²) in [5, 5.41) is 3.49. The molecule has 0 aliphatic carbocycles. The van der Waals surface area contributed by atoms with Gasteiger partial charge in [-0.05, 0) is 37.8 Å². The van der Waals surface area contributed by atoms with Crippen molar-refractivity contribution in [1.29, 1.82) is 0 Å². The van der Waals surface area contributed by atoms with Crippen molar-refractivity contribution in [2.24, 2.45) is 5.92 Å². The van der Waals surface area contributed by atoms with E-state index in [4.69, 9.17) is 0 Å². The van der Waals surface area contributed by atoms with Gasteiger partial charge in [0.15, 0.2) is 5.78 Å². The van der Waals surface area contributed by atoms with Crippen molar-refractivity contribution in [1.82, 2.24) is 10.3 Å². The number of fused-ring (bicyclic) bond motifs is 2. The fourth-order valence-corrected chi connectivity index (χ4v) is 3.03. The van der Waals surface area contributed by atoms with Crippen molar-refractivity contribution < 1.29 is 9.18 Å². The van der Waals surface area contributed by atoms with Crippen LogP contribution in [0.1, 0.15) is 36.2 Å². The lowest BCUT2D eigenvalue weighted by molar-refractivity contribution is 0.0869. The first-order chi connectivity index (χ1) is 8.22. The van der Waals surface area contributed by atoms with Crippen LogP contribution in [0.5, 0.6) is 0 Å². The Morgan fingerprint density at radius 3 is 2.65 bits per heavy atom. The van der Waals surface area contributed by atoms with E-state index in [0.29, 0.717) is 12.1 Å². The van der Waals surface area contributed by atoms with Crippen molar-refractivity contribution in [2.75, 3.05) is 0 Å². The van der Waals surface area contributed by atoms with E-state index in [9.17, 15) is 9.18 Å². The minimum Gasteiger partial charge on any atom is -0.311 e. The zero-order chi connectivity index (χ0) is 11.8. The molecule has 4 heteroatoms. The van der Waals surface area contributed by atoms with Crippen LogP contribution in [0.2, 0.25) is 0 Å². The van der Waals surface area contributed by atoms with E-state index >= 15 is 0 Å². The summed E-state index contributed by atoms with van der Waals surface area (Å²) in [4.78, 5) is 15.9. The molecule has 0 radical (unpaired) electrons. The van der Waals surface area contributed by atoms with Gasteiger partial charge in [-0.2, -0.15) is 4.39 Å². The van der Waals surface area contributed by atoms with Crippen molar-refractivity contribution in [2.45, 2.75) is 37.8 Å². The Labute approximate surface area is 99.4 Å². The molecule has 2 fully saturated rings. The molecule has 1 aromatic rings. The first-order valence-electron chi connectivity index (χ1n) is 6.15. The zero-order valence-corrected chi connectivity index (χ0v) is 9.53. The monoisotopic (exact) mass is 234 g/mol. The molecule has 2 aliphatic heterocycles. The van der Waals surface area contributed by atoms with Gasteiger partial charge in [0.2, 0.25) is 5.95 Å². The Balaban J connectivity index is 1.78. The zero-order valence-electron chi connectivity index (χ0n) is 9.53. The van der Waals surface area contributed by atoms with Gasteiger partial charge in [-0.15, -0.1) is 0 Å². The molecule has 2 atom stereocenters. The van der Waals surface area contributed by atoms with Crippen LogP contribution in [-0.2, 0) is 0 Å². The number of piperidine rings is 1. The van der Waals surface area contributed by atoms with Crippen LogP contribution in [0.4, 0.5) is 4.39 Å². The lowest BCUT2D eigenvalue weighted by atomic mass is 9.87. The maximum absolute atomic E-state index is 13.0. The average Bonchev–Trinajstić information content (AvgIpc) is 2.67. The minimum atomic E-state index is -0.576. The SMILES string of the molecule is O=C(c1cccc(F)n1)C1CC2CCC(C1)N2. The number of nitrogens with one attached hydrogen (secondary N) is 1. The quantitative estimate of drug-likeness (QED) is 0.628. The Hall–Kier alpha value is -1.29. The molecule has 3 heterocycles. The van der Waals surface area contributed by atoms with E-state index in [0.717, 1.165) is 25.7 Å². The number of nitrogens with zero attached hydrogens (tertiary/aromatic N) is 1. The standard InChI is InChI=1S/C13H15FN2O/c14-12-3-1-2-11(16-12)13(17)8-6-9-4-5-10(7-8)15-9/h1-3,8-10,15H,4-7H2. The van der Waals surface area contributed by atoms with Crippen LogP contribution >= 0.6 is 0 Å². The van der Waals surface area contributed by atoms with Gasteiger partial charge in [0.1, 0.15) is 5.69 Å². The molecule has 1 N–H and O–H groups in total. The van der Waals surface area contributed by atoms with E-state index in [2.05, 4.69) is 10.3 Å². The fourth-order valence-electron chi connectivity index (χ4n) is 3.03. The second-order valence-electron chi connectivity index (χ2n) is 5.02. The second kappa shape index (κ2) is 4.18. The van der Waals surface area contributed by atoms with Crippen LogP contribution in [0.25, 0.3) is 0 Å². The number of hydrogen-bond donors (Lipinski definition) is 1. The third kappa shape index (κ3) is 2.09. The van der Waals surface area contributed by atoms with Crippen molar-refractivity contribution in [3.05, 3.63) is 29.8 Å². The molecule has 0 amide bonds. The van der Waals surface area contributed by atoms with Crippen LogP contribution < -0.4 is 5.32 Å². The normalized spacial score (nSPS) is 31.5. The highest BCUT2D eigenvalue weighted by atomic mass is 19.1. The molecule has 2 aliphatic rings. The van der Waals surface area contributed by atoms with Gasteiger partial charge in [-0.3, -0.25) is 4.79 Å². The summed E-state index contributed by atoms with van der Waals surface area (Å²) in [5.41, 5.74) is 0.274. The predicted octanol–water partition coefficient (Wildman–Crippen LogP) is 1.93. The number of ketones is 1. The van der Waals surface area contributed by atoms with E-state index in [-0.39, 0.29) is 17.4 Å². The molecule has 90 valence electrons. The molecule has 3 rings (SSSR count). The summed E-state index contributed by atoms with van der Waals surface area (Å²) in [6.45, 7) is 0. The van der Waals surface area contributed by atoms with Gasteiger partial charge in [0.25, 0.3) is 0 Å². The number of pyridine rings is 1. The fraction of sp³-hybridized carbons (Fsp3) is 0.538. The first-order valence-corrected chi connectivity index (χ1v) is 6.15. The van der Waals surface area contributed by atoms with E-state index < -0.39 is 5.95 Å². The molecule has 2 bridgehead atoms. The van der Waals surface area contributed by atoms with Crippen LogP contribution in [0, 0.1) is 11.9 Å². The van der Waals surface area contributed by atoms with Crippen LogP contribution in [0.3, 0.4) is 0 Å². The summed E-state index contributed by atoms with van der Waals surface area (Å²) in [7, 11) is 0. The smallest absolute Gasteiger partial charge is 0.213 e. The van der Waals surface area contributed by atoms with E-state index in [1.807, 2.05) is 0 Å². The Morgan fingerprint density at radius 2 is 2.00 bits per heavy atom. The Morgan fingerprint density at radius 1 is 1.29 bits per heavy atom. The molecule has 0 aromatic carbocycles. The lowest BCUT2D eigenvalue weighted by Crippen LogP contribution is -2.40. The summed E-state index contributed by atoms with van der Waals surface area (Å²) >= 11 is 0. The summed E-state index contributed by atoms with van der Waals surface area (Å²) in [6, 6.07) is 5.36. The first kappa shape index (κ1) is 10.8. The summed E-state index contributed by atoms with van der Waals surface area (Å²) < 4.78 is 13.0. The highest BCUT2D eigenvalue weighted by Crippen LogP contribution is 2.32. The number of rotatable bonds is 2. The Kier molecular flexibility index (Phi) is 2.67. The van der Waals surface area contributed by atoms with Crippen LogP contribution in [0.15, 0.2) is 18.2 Å². The highest BCUT2D eigenvalue weighted by molar-refractivity contribution is 5.96. The highest BCUT2D eigenvalue weighted by Gasteiger charge is 2.37. The molecular weight excluding hydrogens is 219 g/mol. The molecule has 17 heavy (non-hydrogen) atoms. The summed E-state index contributed by atoms with van der Waals surface area (Å²) in [6.07, 6.45) is 4.05. The molecule has 2 saturated heterocycles. The van der Waals surface area contributed by atoms with Gasteiger partial charge in [-0.25, -0.2) is 4.98 Å². The van der Waals surface area contributed by atoms with E-state index in [1.54, 1.807) is 12.1 Å². The largest absolute Gasteiger partial charge is 0.311 e. The Bertz CT molecular complexity index is 437. The molecule has 3 nitrogen and oxygen atoms in total. The van der Waals surface area contributed by atoms with Gasteiger partial charge < -0.3 is 5.32 Å². The number of aromatic nitrogens is 1. The van der Waals surface area contributed by atoms with Gasteiger partial charge in [0, 0.05) is 18.0 Å². The topological polar surface area (TPSA) is 42.0 Å².